The highest BCUT2D eigenvalue weighted by Crippen LogP contribution is 2.54. The molecule has 0 aliphatic heterocycles. The van der Waals surface area contributed by atoms with E-state index in [0.29, 0.717) is 5.66 Å². The van der Waals surface area contributed by atoms with Gasteiger partial charge in [0.25, 0.3) is 0 Å². The summed E-state index contributed by atoms with van der Waals surface area (Å²) in [6, 6.07) is 43.6. The van der Waals surface area contributed by atoms with Crippen molar-refractivity contribution in [1.29, 1.82) is 0 Å². The number of ether oxygens (including phenoxy) is 1. The molecule has 4 aromatic carbocycles. The number of carbonyl (C=O) groups is 1. The fraction of sp³-hybridized carbons (Fsp3) is 0.286. The number of esters is 1. The standard InChI is InChI=1S/C35H38O2P2/c1-35(2,3)37-34(36)33-25-32(39(30-20-12-6-13-21-30)31-22-14-7-15-23-31)24-27(33)26-38(28-16-8-4-9-17-28)29-18-10-5-11-19-29/h4-23,27,32-33H,24-26H2,1-3H3/t27-,32-,33?/m0/s1. The van der Waals surface area contributed by atoms with Crippen LogP contribution in [0, 0.1) is 11.8 Å². The topological polar surface area (TPSA) is 26.3 Å². The van der Waals surface area contributed by atoms with Gasteiger partial charge < -0.3 is 4.74 Å². The summed E-state index contributed by atoms with van der Waals surface area (Å²) in [6.07, 6.45) is 2.91. The molecule has 0 saturated heterocycles. The monoisotopic (exact) mass is 552 g/mol. The highest BCUT2D eigenvalue weighted by Gasteiger charge is 2.45. The second-order valence-corrected chi connectivity index (χ2v) is 16.1. The third-order valence-electron chi connectivity index (χ3n) is 7.37. The van der Waals surface area contributed by atoms with Crippen LogP contribution < -0.4 is 21.2 Å². The Bertz CT molecular complexity index is 1240. The molecule has 5 rings (SSSR count). The van der Waals surface area contributed by atoms with Crippen LogP contribution in [0.2, 0.25) is 0 Å². The first-order valence-corrected chi connectivity index (χ1v) is 16.8. The lowest BCUT2D eigenvalue weighted by atomic mass is 9.98. The zero-order valence-corrected chi connectivity index (χ0v) is 24.9. The Morgan fingerprint density at radius 3 is 1.49 bits per heavy atom. The Morgan fingerprint density at radius 2 is 1.08 bits per heavy atom. The van der Waals surface area contributed by atoms with Crippen molar-refractivity contribution in [2.45, 2.75) is 44.9 Å². The fourth-order valence-corrected chi connectivity index (χ4v) is 11.4. The van der Waals surface area contributed by atoms with Gasteiger partial charge in [-0.3, -0.25) is 4.79 Å². The van der Waals surface area contributed by atoms with E-state index in [1.165, 1.54) is 21.2 Å². The minimum Gasteiger partial charge on any atom is -0.460 e. The molecule has 4 aromatic rings. The van der Waals surface area contributed by atoms with Crippen molar-refractivity contribution in [3.63, 3.8) is 0 Å². The molecule has 39 heavy (non-hydrogen) atoms. The van der Waals surface area contributed by atoms with Crippen molar-refractivity contribution in [3.8, 4) is 0 Å². The number of rotatable bonds is 8. The minimum absolute atomic E-state index is 0.0258. The quantitative estimate of drug-likeness (QED) is 0.174. The maximum absolute atomic E-state index is 13.8. The van der Waals surface area contributed by atoms with Gasteiger partial charge in [-0.15, -0.1) is 0 Å². The summed E-state index contributed by atoms with van der Waals surface area (Å²) < 4.78 is 6.06. The van der Waals surface area contributed by atoms with E-state index in [1.807, 2.05) is 20.8 Å². The van der Waals surface area contributed by atoms with Crippen LogP contribution in [0.15, 0.2) is 121 Å². The fourth-order valence-electron chi connectivity index (χ4n) is 5.73. The zero-order valence-electron chi connectivity index (χ0n) is 23.1. The van der Waals surface area contributed by atoms with E-state index < -0.39 is 21.4 Å². The molecule has 3 atom stereocenters. The maximum atomic E-state index is 13.8. The van der Waals surface area contributed by atoms with Gasteiger partial charge in [-0.2, -0.15) is 0 Å². The molecule has 1 aliphatic carbocycles. The first-order chi connectivity index (χ1) is 18.9. The largest absolute Gasteiger partial charge is 0.460 e. The van der Waals surface area contributed by atoms with Crippen LogP contribution >= 0.6 is 15.8 Å². The van der Waals surface area contributed by atoms with E-state index in [0.717, 1.165) is 19.0 Å². The van der Waals surface area contributed by atoms with Gasteiger partial charge in [0.2, 0.25) is 0 Å². The molecular weight excluding hydrogens is 514 g/mol. The van der Waals surface area contributed by atoms with Crippen LogP contribution in [0.25, 0.3) is 0 Å². The molecule has 0 radical (unpaired) electrons. The first kappa shape index (κ1) is 27.8. The molecule has 1 fully saturated rings. The van der Waals surface area contributed by atoms with Crippen LogP contribution in [0.3, 0.4) is 0 Å². The van der Waals surface area contributed by atoms with Gasteiger partial charge in [0.05, 0.1) is 5.92 Å². The Labute approximate surface area is 236 Å². The van der Waals surface area contributed by atoms with Crippen LogP contribution in [0.4, 0.5) is 0 Å². The molecule has 0 heterocycles. The van der Waals surface area contributed by atoms with Gasteiger partial charge in [-0.1, -0.05) is 121 Å². The van der Waals surface area contributed by atoms with Crippen molar-refractivity contribution in [2.24, 2.45) is 11.8 Å². The second-order valence-electron chi connectivity index (χ2n) is 11.3. The Morgan fingerprint density at radius 1 is 0.667 bits per heavy atom. The molecule has 1 aliphatic rings. The van der Waals surface area contributed by atoms with Crippen LogP contribution in [-0.2, 0) is 9.53 Å². The Kier molecular flexibility index (Phi) is 8.96. The van der Waals surface area contributed by atoms with E-state index >= 15 is 0 Å². The van der Waals surface area contributed by atoms with Gasteiger partial charge in [0, 0.05) is 0 Å². The summed E-state index contributed by atoms with van der Waals surface area (Å²) >= 11 is 0. The third kappa shape index (κ3) is 7.05. The van der Waals surface area contributed by atoms with Crippen LogP contribution in [0.5, 0.6) is 0 Å². The number of hydrogen-bond acceptors (Lipinski definition) is 2. The predicted octanol–water partition coefficient (Wildman–Crippen LogP) is 6.99. The molecule has 0 N–H and O–H groups in total. The van der Waals surface area contributed by atoms with E-state index in [2.05, 4.69) is 121 Å². The van der Waals surface area contributed by atoms with Crippen molar-refractivity contribution >= 4 is 43.0 Å². The lowest BCUT2D eigenvalue weighted by molar-refractivity contribution is -0.161. The molecule has 0 aromatic heterocycles. The van der Waals surface area contributed by atoms with Gasteiger partial charge >= 0.3 is 5.97 Å². The lowest BCUT2D eigenvalue weighted by Crippen LogP contribution is -2.32. The molecule has 4 heteroatoms. The maximum Gasteiger partial charge on any atom is 0.309 e. The summed E-state index contributed by atoms with van der Waals surface area (Å²) in [5.74, 6) is 0.153. The van der Waals surface area contributed by atoms with Gasteiger partial charge in [0.1, 0.15) is 5.60 Å². The zero-order chi connectivity index (χ0) is 27.2. The highest BCUT2D eigenvalue weighted by atomic mass is 31.1. The van der Waals surface area contributed by atoms with E-state index in [-0.39, 0.29) is 17.8 Å². The average molecular weight is 553 g/mol. The second kappa shape index (κ2) is 12.6. The number of carbonyl (C=O) groups excluding carboxylic acids is 1. The molecular formula is C35H38O2P2. The van der Waals surface area contributed by atoms with Gasteiger partial charge in [-0.05, 0) is 88.4 Å². The average Bonchev–Trinajstić information content (AvgIpc) is 3.36. The summed E-state index contributed by atoms with van der Waals surface area (Å²) in [5.41, 5.74) is -0.0666. The first-order valence-electron chi connectivity index (χ1n) is 13.9. The number of benzene rings is 4. The Hall–Kier alpha value is -2.79. The smallest absolute Gasteiger partial charge is 0.309 e. The van der Waals surface area contributed by atoms with Crippen LogP contribution in [0.1, 0.15) is 33.6 Å². The SMILES string of the molecule is CC(C)(C)OC(=O)C1C[C@@H](P(c2ccccc2)c2ccccc2)C[C@H]1CP(c1ccccc1)c1ccccc1. The van der Waals surface area contributed by atoms with E-state index in [1.54, 1.807) is 0 Å². The molecule has 2 nitrogen and oxygen atoms in total. The predicted molar refractivity (Wildman–Crippen MR) is 169 cm³/mol. The number of hydrogen-bond donors (Lipinski definition) is 0. The molecule has 1 unspecified atom stereocenters. The summed E-state index contributed by atoms with van der Waals surface area (Å²) in [4.78, 5) is 13.8. The molecule has 1 saturated carbocycles. The van der Waals surface area contributed by atoms with Gasteiger partial charge in [0.15, 0.2) is 0 Å². The van der Waals surface area contributed by atoms with Crippen molar-refractivity contribution in [2.75, 3.05) is 6.16 Å². The summed E-state index contributed by atoms with van der Waals surface area (Å²) in [6.45, 7) is 5.94. The normalized spacial score (nSPS) is 19.4. The summed E-state index contributed by atoms with van der Waals surface area (Å²) in [5, 5.41) is 5.53. The Balaban J connectivity index is 1.51. The van der Waals surface area contributed by atoms with Crippen molar-refractivity contribution < 1.29 is 9.53 Å². The summed E-state index contributed by atoms with van der Waals surface area (Å²) in [7, 11) is -1.19. The highest BCUT2D eigenvalue weighted by molar-refractivity contribution is 7.74. The van der Waals surface area contributed by atoms with E-state index in [9.17, 15) is 4.79 Å². The molecule has 200 valence electrons. The van der Waals surface area contributed by atoms with Crippen LogP contribution in [-0.4, -0.2) is 23.4 Å². The molecule has 0 bridgehead atoms. The van der Waals surface area contributed by atoms with Gasteiger partial charge in [-0.25, -0.2) is 0 Å². The third-order valence-corrected chi connectivity index (χ3v) is 12.9. The van der Waals surface area contributed by atoms with Crippen molar-refractivity contribution in [1.82, 2.24) is 0 Å². The molecule has 0 amide bonds. The lowest BCUT2D eigenvalue weighted by Gasteiger charge is -2.28. The minimum atomic E-state index is -0.597. The van der Waals surface area contributed by atoms with E-state index in [4.69, 9.17) is 4.74 Å². The van der Waals surface area contributed by atoms with Crippen molar-refractivity contribution in [3.05, 3.63) is 121 Å². The molecule has 0 spiro atoms.